The molecule has 0 unspecified atom stereocenters. The molecular formula is C20H24N4O4. The predicted molar refractivity (Wildman–Crippen MR) is 98.8 cm³/mol. The van der Waals surface area contributed by atoms with E-state index in [9.17, 15) is 9.59 Å². The Morgan fingerprint density at radius 1 is 1.11 bits per heavy atom. The van der Waals surface area contributed by atoms with Crippen molar-refractivity contribution in [2.45, 2.75) is 32.4 Å². The molecule has 4 heterocycles. The van der Waals surface area contributed by atoms with E-state index in [0.29, 0.717) is 56.8 Å². The van der Waals surface area contributed by atoms with Gasteiger partial charge in [0.05, 0.1) is 19.5 Å². The summed E-state index contributed by atoms with van der Waals surface area (Å²) >= 11 is 0. The zero-order valence-corrected chi connectivity index (χ0v) is 15.8. The summed E-state index contributed by atoms with van der Waals surface area (Å²) in [6.07, 6.45) is 4.81. The lowest BCUT2D eigenvalue weighted by Crippen LogP contribution is -2.50. The van der Waals surface area contributed by atoms with Crippen LogP contribution >= 0.6 is 0 Å². The highest BCUT2D eigenvalue weighted by atomic mass is 16.5. The van der Waals surface area contributed by atoms with Gasteiger partial charge in [0.25, 0.3) is 11.8 Å². The highest BCUT2D eigenvalue weighted by Crippen LogP contribution is 2.32. The molecule has 8 nitrogen and oxygen atoms in total. The Hall–Kier alpha value is -2.61. The molecule has 148 valence electrons. The van der Waals surface area contributed by atoms with E-state index in [1.54, 1.807) is 21.9 Å². The van der Waals surface area contributed by atoms with Gasteiger partial charge in [-0.05, 0) is 30.9 Å². The van der Waals surface area contributed by atoms with Crippen LogP contribution in [0.4, 0.5) is 0 Å². The number of ether oxygens (including phenoxy) is 1. The maximum Gasteiger partial charge on any atom is 0.289 e. The Kier molecular flexibility index (Phi) is 4.43. The molecule has 1 saturated heterocycles. The van der Waals surface area contributed by atoms with Gasteiger partial charge < -0.3 is 19.0 Å². The molecule has 0 atom stereocenters. The normalized spacial score (nSPS) is 19.6. The van der Waals surface area contributed by atoms with Crippen molar-refractivity contribution in [3.8, 4) is 0 Å². The van der Waals surface area contributed by atoms with Crippen LogP contribution < -0.4 is 0 Å². The van der Waals surface area contributed by atoms with Crippen LogP contribution in [-0.4, -0.2) is 64.2 Å². The van der Waals surface area contributed by atoms with Crippen molar-refractivity contribution < 1.29 is 18.7 Å². The summed E-state index contributed by atoms with van der Waals surface area (Å²) in [4.78, 5) is 29.1. The number of furan rings is 1. The second-order valence-corrected chi connectivity index (χ2v) is 7.76. The Labute approximate surface area is 163 Å². The average molecular weight is 384 g/mol. The number of carbonyl (C=O) groups excluding carboxylic acids is 2. The lowest BCUT2D eigenvalue weighted by Gasteiger charge is -2.34. The molecule has 1 aliphatic carbocycles. The van der Waals surface area contributed by atoms with Crippen LogP contribution in [0.1, 0.15) is 45.1 Å². The summed E-state index contributed by atoms with van der Waals surface area (Å²) in [5.41, 5.74) is 2.64. The Morgan fingerprint density at radius 2 is 1.86 bits per heavy atom. The quantitative estimate of drug-likeness (QED) is 0.799. The SMILES string of the molecule is O=C(c1ccco1)N1CCN(C(=O)c2nn(CC3CC3)c3c2COCC3)CC1. The summed E-state index contributed by atoms with van der Waals surface area (Å²) in [7, 11) is 0. The highest BCUT2D eigenvalue weighted by Gasteiger charge is 2.33. The molecule has 2 aromatic rings. The van der Waals surface area contributed by atoms with Crippen molar-refractivity contribution in [3.63, 3.8) is 0 Å². The number of carbonyl (C=O) groups is 2. The summed E-state index contributed by atoms with van der Waals surface area (Å²) in [5.74, 6) is 0.855. The third-order valence-electron chi connectivity index (χ3n) is 5.81. The van der Waals surface area contributed by atoms with Crippen LogP contribution in [0.5, 0.6) is 0 Å². The second-order valence-electron chi connectivity index (χ2n) is 7.76. The van der Waals surface area contributed by atoms with E-state index in [2.05, 4.69) is 0 Å². The predicted octanol–water partition coefficient (Wildman–Crippen LogP) is 1.56. The zero-order valence-electron chi connectivity index (χ0n) is 15.8. The molecule has 2 aliphatic heterocycles. The number of fused-ring (bicyclic) bond motifs is 1. The molecule has 0 radical (unpaired) electrons. The molecule has 0 N–H and O–H groups in total. The van der Waals surface area contributed by atoms with Gasteiger partial charge in [-0.3, -0.25) is 14.3 Å². The number of piperazine rings is 1. The van der Waals surface area contributed by atoms with Crippen molar-refractivity contribution >= 4 is 11.8 Å². The van der Waals surface area contributed by atoms with Gasteiger partial charge in [-0.2, -0.15) is 5.10 Å². The number of aromatic nitrogens is 2. The zero-order chi connectivity index (χ0) is 19.1. The van der Waals surface area contributed by atoms with E-state index >= 15 is 0 Å². The van der Waals surface area contributed by atoms with E-state index in [4.69, 9.17) is 14.3 Å². The molecule has 28 heavy (non-hydrogen) atoms. The first kappa shape index (κ1) is 17.5. The van der Waals surface area contributed by atoms with Gasteiger partial charge in [0.15, 0.2) is 11.5 Å². The number of rotatable bonds is 4. The Morgan fingerprint density at radius 3 is 2.54 bits per heavy atom. The van der Waals surface area contributed by atoms with E-state index in [1.165, 1.54) is 19.1 Å². The van der Waals surface area contributed by atoms with Crippen LogP contribution in [-0.2, 0) is 24.3 Å². The van der Waals surface area contributed by atoms with Gasteiger partial charge in [0, 0.05) is 50.4 Å². The van der Waals surface area contributed by atoms with E-state index in [-0.39, 0.29) is 11.8 Å². The lowest BCUT2D eigenvalue weighted by molar-refractivity contribution is 0.0511. The maximum absolute atomic E-state index is 13.2. The molecule has 0 bridgehead atoms. The van der Waals surface area contributed by atoms with Gasteiger partial charge in [0.1, 0.15) is 0 Å². The van der Waals surface area contributed by atoms with Gasteiger partial charge in [0.2, 0.25) is 0 Å². The van der Waals surface area contributed by atoms with Crippen molar-refractivity contribution in [2.75, 3.05) is 32.8 Å². The largest absolute Gasteiger partial charge is 0.459 e. The molecule has 2 aromatic heterocycles. The van der Waals surface area contributed by atoms with E-state index in [0.717, 1.165) is 24.2 Å². The summed E-state index contributed by atoms with van der Waals surface area (Å²) in [6.45, 7) is 4.02. The third-order valence-corrected chi connectivity index (χ3v) is 5.81. The smallest absolute Gasteiger partial charge is 0.289 e. The van der Waals surface area contributed by atoms with Crippen LogP contribution in [0.2, 0.25) is 0 Å². The minimum absolute atomic E-state index is 0.0543. The first-order chi connectivity index (χ1) is 13.7. The van der Waals surface area contributed by atoms with Gasteiger partial charge in [-0.1, -0.05) is 0 Å². The van der Waals surface area contributed by atoms with E-state index in [1.807, 2.05) is 4.68 Å². The molecule has 0 aromatic carbocycles. The fraction of sp³-hybridized carbons (Fsp3) is 0.550. The van der Waals surface area contributed by atoms with Gasteiger partial charge in [-0.15, -0.1) is 0 Å². The van der Waals surface area contributed by atoms with Crippen LogP contribution in [0, 0.1) is 5.92 Å². The molecule has 3 aliphatic rings. The lowest BCUT2D eigenvalue weighted by atomic mass is 10.1. The number of hydrogen-bond acceptors (Lipinski definition) is 5. The minimum atomic E-state index is -0.128. The standard InChI is InChI=1S/C20H24N4O4/c25-19(17-2-1-10-28-17)22-6-8-23(9-7-22)20(26)18-15-13-27-11-5-16(15)24(21-18)12-14-3-4-14/h1-2,10,14H,3-9,11-13H2. The minimum Gasteiger partial charge on any atom is -0.459 e. The fourth-order valence-electron chi connectivity index (χ4n) is 3.99. The van der Waals surface area contributed by atoms with Crippen molar-refractivity contribution in [1.82, 2.24) is 19.6 Å². The number of amides is 2. The Balaban J connectivity index is 1.29. The average Bonchev–Trinajstić information content (AvgIpc) is 3.25. The monoisotopic (exact) mass is 384 g/mol. The van der Waals surface area contributed by atoms with Crippen molar-refractivity contribution in [2.24, 2.45) is 5.92 Å². The first-order valence-corrected chi connectivity index (χ1v) is 9.99. The molecule has 5 rings (SSSR count). The molecule has 2 fully saturated rings. The van der Waals surface area contributed by atoms with Crippen LogP contribution in [0.15, 0.2) is 22.8 Å². The first-order valence-electron chi connectivity index (χ1n) is 9.99. The van der Waals surface area contributed by atoms with Crippen LogP contribution in [0.25, 0.3) is 0 Å². The highest BCUT2D eigenvalue weighted by molar-refractivity contribution is 5.95. The third kappa shape index (κ3) is 3.22. The molecular weight excluding hydrogens is 360 g/mol. The molecule has 2 amide bonds. The van der Waals surface area contributed by atoms with Gasteiger partial charge >= 0.3 is 0 Å². The summed E-state index contributed by atoms with van der Waals surface area (Å²) < 4.78 is 12.8. The summed E-state index contributed by atoms with van der Waals surface area (Å²) in [5, 5.41) is 4.69. The molecule has 8 heteroatoms. The molecule has 1 saturated carbocycles. The van der Waals surface area contributed by atoms with Crippen molar-refractivity contribution in [3.05, 3.63) is 41.1 Å². The number of nitrogens with zero attached hydrogens (tertiary/aromatic N) is 4. The van der Waals surface area contributed by atoms with E-state index < -0.39 is 0 Å². The Bertz CT molecular complexity index is 876. The molecule has 0 spiro atoms. The van der Waals surface area contributed by atoms with Gasteiger partial charge in [-0.25, -0.2) is 0 Å². The fourth-order valence-corrected chi connectivity index (χ4v) is 3.99. The maximum atomic E-state index is 13.2. The summed E-state index contributed by atoms with van der Waals surface area (Å²) in [6, 6.07) is 3.37. The second kappa shape index (κ2) is 7.09. The van der Waals surface area contributed by atoms with Crippen LogP contribution in [0.3, 0.4) is 0 Å². The van der Waals surface area contributed by atoms with Crippen molar-refractivity contribution in [1.29, 1.82) is 0 Å². The topological polar surface area (TPSA) is 80.8 Å². The number of hydrogen-bond donors (Lipinski definition) is 0.